The standard InChI is InChI=1S/C15H22N6O/c1-11-5-7-21(8-6-11)15(16-2)17-10-13-18-14(20-19-13)12-4-3-9-22-12/h3-4,9,11H,5-8,10H2,1-2H3,(H,16,17)(H,18,19,20). The van der Waals surface area contributed by atoms with Crippen LogP contribution >= 0.6 is 0 Å². The van der Waals surface area contributed by atoms with Gasteiger partial charge in [0.25, 0.3) is 0 Å². The van der Waals surface area contributed by atoms with Crippen LogP contribution in [0.5, 0.6) is 0 Å². The van der Waals surface area contributed by atoms with Crippen molar-refractivity contribution in [1.29, 1.82) is 0 Å². The van der Waals surface area contributed by atoms with Crippen LogP contribution in [-0.2, 0) is 6.54 Å². The molecule has 1 fully saturated rings. The van der Waals surface area contributed by atoms with Gasteiger partial charge < -0.3 is 14.6 Å². The Bertz CT molecular complexity index is 610. The highest BCUT2D eigenvalue weighted by molar-refractivity contribution is 5.79. The van der Waals surface area contributed by atoms with E-state index in [-0.39, 0.29) is 0 Å². The van der Waals surface area contributed by atoms with Crippen molar-refractivity contribution in [2.24, 2.45) is 10.9 Å². The lowest BCUT2D eigenvalue weighted by Crippen LogP contribution is -2.45. The smallest absolute Gasteiger partial charge is 0.216 e. The van der Waals surface area contributed by atoms with E-state index < -0.39 is 0 Å². The van der Waals surface area contributed by atoms with E-state index in [2.05, 4.69) is 37.3 Å². The van der Waals surface area contributed by atoms with E-state index in [1.54, 1.807) is 6.26 Å². The summed E-state index contributed by atoms with van der Waals surface area (Å²) in [5.74, 6) is 3.72. The molecule has 0 radical (unpaired) electrons. The molecule has 22 heavy (non-hydrogen) atoms. The van der Waals surface area contributed by atoms with Gasteiger partial charge in [-0.25, -0.2) is 4.98 Å². The molecule has 3 rings (SSSR count). The minimum absolute atomic E-state index is 0.562. The monoisotopic (exact) mass is 302 g/mol. The zero-order chi connectivity index (χ0) is 15.4. The fraction of sp³-hybridized carbons (Fsp3) is 0.533. The summed E-state index contributed by atoms with van der Waals surface area (Å²) < 4.78 is 5.29. The summed E-state index contributed by atoms with van der Waals surface area (Å²) in [4.78, 5) is 11.1. The first kappa shape index (κ1) is 14.6. The molecule has 1 saturated heterocycles. The molecule has 7 nitrogen and oxygen atoms in total. The molecule has 3 heterocycles. The van der Waals surface area contributed by atoms with Gasteiger partial charge in [0.1, 0.15) is 5.82 Å². The van der Waals surface area contributed by atoms with Gasteiger partial charge in [0.15, 0.2) is 11.7 Å². The first-order chi connectivity index (χ1) is 10.8. The van der Waals surface area contributed by atoms with Crippen LogP contribution in [0.3, 0.4) is 0 Å². The molecule has 2 aromatic rings. The van der Waals surface area contributed by atoms with E-state index in [1.807, 2.05) is 19.2 Å². The average Bonchev–Trinajstić information content (AvgIpc) is 3.20. The molecule has 2 N–H and O–H groups in total. The maximum Gasteiger partial charge on any atom is 0.216 e. The molecule has 0 saturated carbocycles. The highest BCUT2D eigenvalue weighted by atomic mass is 16.3. The van der Waals surface area contributed by atoms with Gasteiger partial charge in [-0.2, -0.15) is 0 Å². The van der Waals surface area contributed by atoms with Crippen LogP contribution in [0.1, 0.15) is 25.6 Å². The number of furan rings is 1. The second-order valence-electron chi connectivity index (χ2n) is 5.65. The lowest BCUT2D eigenvalue weighted by molar-refractivity contribution is 0.273. The first-order valence-corrected chi connectivity index (χ1v) is 7.67. The summed E-state index contributed by atoms with van der Waals surface area (Å²) in [6, 6.07) is 3.66. The summed E-state index contributed by atoms with van der Waals surface area (Å²) in [5.41, 5.74) is 0. The maximum atomic E-state index is 5.29. The first-order valence-electron chi connectivity index (χ1n) is 7.67. The second-order valence-corrected chi connectivity index (χ2v) is 5.65. The van der Waals surface area contributed by atoms with Crippen molar-refractivity contribution in [3.63, 3.8) is 0 Å². The predicted octanol–water partition coefficient (Wildman–Crippen LogP) is 1.87. The minimum Gasteiger partial charge on any atom is -0.461 e. The third-order valence-electron chi connectivity index (χ3n) is 3.98. The molecule has 118 valence electrons. The topological polar surface area (TPSA) is 82.3 Å². The fourth-order valence-electron chi connectivity index (χ4n) is 2.61. The van der Waals surface area contributed by atoms with Gasteiger partial charge in [-0.1, -0.05) is 6.92 Å². The number of aromatic nitrogens is 3. The fourth-order valence-corrected chi connectivity index (χ4v) is 2.61. The summed E-state index contributed by atoms with van der Waals surface area (Å²) in [7, 11) is 1.81. The third kappa shape index (κ3) is 3.29. The number of nitrogens with zero attached hydrogens (tertiary/aromatic N) is 4. The van der Waals surface area contributed by atoms with E-state index in [4.69, 9.17) is 4.42 Å². The quantitative estimate of drug-likeness (QED) is 0.668. The maximum absolute atomic E-state index is 5.29. The predicted molar refractivity (Wildman–Crippen MR) is 84.3 cm³/mol. The molecule has 0 atom stereocenters. The number of piperidine rings is 1. The van der Waals surface area contributed by atoms with Crippen molar-refractivity contribution in [3.05, 3.63) is 24.2 Å². The average molecular weight is 302 g/mol. The van der Waals surface area contributed by atoms with Crippen molar-refractivity contribution < 1.29 is 4.42 Å². The molecular formula is C15H22N6O. The lowest BCUT2D eigenvalue weighted by atomic mass is 10.00. The molecule has 2 aromatic heterocycles. The Kier molecular flexibility index (Phi) is 4.41. The Morgan fingerprint density at radius 3 is 3.00 bits per heavy atom. The van der Waals surface area contributed by atoms with Gasteiger partial charge in [-0.05, 0) is 30.9 Å². The van der Waals surface area contributed by atoms with Crippen LogP contribution in [0.25, 0.3) is 11.6 Å². The number of rotatable bonds is 3. The van der Waals surface area contributed by atoms with Gasteiger partial charge in [-0.15, -0.1) is 5.10 Å². The largest absolute Gasteiger partial charge is 0.461 e. The van der Waals surface area contributed by atoms with Crippen molar-refractivity contribution in [1.82, 2.24) is 25.4 Å². The van der Waals surface area contributed by atoms with Gasteiger partial charge in [0, 0.05) is 20.1 Å². The van der Waals surface area contributed by atoms with E-state index >= 15 is 0 Å². The molecule has 0 aliphatic carbocycles. The van der Waals surface area contributed by atoms with Gasteiger partial charge in [-0.3, -0.25) is 10.1 Å². The Labute approximate surface area is 129 Å². The van der Waals surface area contributed by atoms with Gasteiger partial charge in [0.2, 0.25) is 5.82 Å². The van der Waals surface area contributed by atoms with Crippen LogP contribution < -0.4 is 5.32 Å². The Balaban J connectivity index is 1.57. The van der Waals surface area contributed by atoms with E-state index in [9.17, 15) is 0 Å². The second kappa shape index (κ2) is 6.64. The molecular weight excluding hydrogens is 280 g/mol. The molecule has 0 unspecified atom stereocenters. The van der Waals surface area contributed by atoms with Gasteiger partial charge >= 0.3 is 0 Å². The van der Waals surface area contributed by atoms with Gasteiger partial charge in [0.05, 0.1) is 12.8 Å². The molecule has 0 bridgehead atoms. The minimum atomic E-state index is 0.562. The van der Waals surface area contributed by atoms with E-state index in [1.165, 1.54) is 12.8 Å². The number of hydrogen-bond donors (Lipinski definition) is 2. The Morgan fingerprint density at radius 1 is 1.50 bits per heavy atom. The van der Waals surface area contributed by atoms with Crippen molar-refractivity contribution >= 4 is 5.96 Å². The number of hydrogen-bond acceptors (Lipinski definition) is 4. The SMILES string of the molecule is CN=C(NCc1nc(-c2ccco2)n[nH]1)N1CCC(C)CC1. The van der Waals surface area contributed by atoms with Crippen LogP contribution in [0.15, 0.2) is 27.8 Å². The highest BCUT2D eigenvalue weighted by Crippen LogP contribution is 2.16. The van der Waals surface area contributed by atoms with Crippen LogP contribution in [0.4, 0.5) is 0 Å². The molecule has 7 heteroatoms. The van der Waals surface area contributed by atoms with Crippen molar-refractivity contribution in [2.45, 2.75) is 26.3 Å². The normalized spacial score (nSPS) is 17.0. The summed E-state index contributed by atoms with van der Waals surface area (Å²) in [6.45, 7) is 4.97. The zero-order valence-electron chi connectivity index (χ0n) is 13.0. The van der Waals surface area contributed by atoms with E-state index in [0.717, 1.165) is 30.8 Å². The number of likely N-dealkylation sites (tertiary alicyclic amines) is 1. The number of aliphatic imine (C=N–C) groups is 1. The summed E-state index contributed by atoms with van der Waals surface area (Å²) in [5, 5.41) is 10.4. The molecule has 0 aromatic carbocycles. The molecule has 0 spiro atoms. The lowest BCUT2D eigenvalue weighted by Gasteiger charge is -2.32. The van der Waals surface area contributed by atoms with Crippen LogP contribution in [0, 0.1) is 5.92 Å². The number of guanidine groups is 1. The third-order valence-corrected chi connectivity index (χ3v) is 3.98. The van der Waals surface area contributed by atoms with Crippen molar-refractivity contribution in [3.8, 4) is 11.6 Å². The number of H-pyrrole nitrogens is 1. The van der Waals surface area contributed by atoms with E-state index in [0.29, 0.717) is 18.1 Å². The van der Waals surface area contributed by atoms with Crippen molar-refractivity contribution in [2.75, 3.05) is 20.1 Å². The summed E-state index contributed by atoms with van der Waals surface area (Å²) in [6.07, 6.45) is 4.04. The molecule has 1 aliphatic rings. The van der Waals surface area contributed by atoms with Crippen LogP contribution in [-0.4, -0.2) is 46.2 Å². The Hall–Kier alpha value is -2.31. The number of aromatic amines is 1. The highest BCUT2D eigenvalue weighted by Gasteiger charge is 2.18. The zero-order valence-corrected chi connectivity index (χ0v) is 13.0. The molecule has 1 aliphatic heterocycles. The van der Waals surface area contributed by atoms with Crippen LogP contribution in [0.2, 0.25) is 0 Å². The molecule has 0 amide bonds. The summed E-state index contributed by atoms with van der Waals surface area (Å²) >= 11 is 0. The Morgan fingerprint density at radius 2 is 2.32 bits per heavy atom. The number of nitrogens with one attached hydrogen (secondary N) is 2.